The predicted octanol–water partition coefficient (Wildman–Crippen LogP) is -3.62. The smallest absolute Gasteiger partial charge is 0.0819 e. The van der Waals surface area contributed by atoms with Crippen LogP contribution in [0.4, 0.5) is 9.59 Å². The van der Waals surface area contributed by atoms with Crippen LogP contribution in [0.2, 0.25) is 0 Å². The van der Waals surface area contributed by atoms with Gasteiger partial charge in [-0.15, -0.1) is 0 Å². The van der Waals surface area contributed by atoms with E-state index in [1.165, 1.54) is 0 Å². The molecular weight excluding hydrogens is 200 g/mol. The molecule has 0 unspecified atom stereocenters. The van der Waals surface area contributed by atoms with E-state index in [0.717, 1.165) is 12.8 Å². The normalized spacial score (nSPS) is 7.29. The van der Waals surface area contributed by atoms with Crippen LogP contribution in [0.1, 0.15) is 19.8 Å². The molecule has 0 heterocycles. The second-order valence-corrected chi connectivity index (χ2v) is 1.69. The van der Waals surface area contributed by atoms with Crippen LogP contribution < -0.4 is 20.4 Å². The highest BCUT2D eigenvalue weighted by Crippen LogP contribution is 1.83. The third-order valence-corrected chi connectivity index (χ3v) is 0.589. The molecule has 0 saturated carbocycles. The van der Waals surface area contributed by atoms with Crippen molar-refractivity contribution >= 4 is 12.3 Å². The van der Waals surface area contributed by atoms with E-state index < -0.39 is 12.3 Å². The van der Waals surface area contributed by atoms with Gasteiger partial charge in [0.25, 0.3) is 0 Å². The molecule has 0 saturated heterocycles. The molecule has 0 aliphatic rings. The van der Waals surface area contributed by atoms with Crippen molar-refractivity contribution < 1.29 is 40.2 Å². The largest absolute Gasteiger partial charge is 0.652 e. The molecule has 0 amide bonds. The molecule has 1 N–H and O–H groups in total. The molecule has 8 heteroatoms. The molecule has 0 aliphatic carbocycles. The molecule has 0 rings (SSSR count). The summed E-state index contributed by atoms with van der Waals surface area (Å²) in [4.78, 5) is 20.4. The highest BCUT2D eigenvalue weighted by molar-refractivity contribution is 5.47. The van der Waals surface area contributed by atoms with Crippen molar-refractivity contribution in [3.8, 4) is 0 Å². The Morgan fingerprint density at radius 1 is 1.14 bits per heavy atom. The van der Waals surface area contributed by atoms with E-state index in [1.54, 1.807) is 0 Å². The van der Waals surface area contributed by atoms with E-state index in [-0.39, 0.29) is 0 Å². The molecule has 0 aromatic heterocycles. The lowest BCUT2D eigenvalue weighted by atomic mass is 10.4. The van der Waals surface area contributed by atoms with Crippen molar-refractivity contribution in [2.45, 2.75) is 19.8 Å². The summed E-state index contributed by atoms with van der Waals surface area (Å²) in [6.45, 7) is 2.51. The summed E-state index contributed by atoms with van der Waals surface area (Å²) >= 11 is 0. The van der Waals surface area contributed by atoms with Crippen LogP contribution in [0, 0.1) is 0 Å². The second kappa shape index (κ2) is 17.5. The maximum atomic E-state index is 8.33. The second-order valence-electron chi connectivity index (χ2n) is 1.69. The minimum Gasteiger partial charge on any atom is -0.652 e. The topological polar surface area (TPSA) is 156 Å². The lowest BCUT2D eigenvalue weighted by Crippen LogP contribution is -2.37. The number of rotatable bonds is 3. The number of carboxylic acid groups (broad SMARTS) is 4. The number of unbranched alkanes of at least 4 members (excludes halogenated alkanes) is 1. The van der Waals surface area contributed by atoms with E-state index in [9.17, 15) is 0 Å². The van der Waals surface area contributed by atoms with Crippen molar-refractivity contribution in [3.63, 3.8) is 0 Å². The Morgan fingerprint density at radius 3 is 1.50 bits per heavy atom. The molecule has 0 aliphatic heterocycles. The van der Waals surface area contributed by atoms with Crippen LogP contribution in [-0.2, 0) is 4.89 Å². The van der Waals surface area contributed by atoms with Gasteiger partial charge in [-0.25, -0.2) is 4.89 Å². The summed E-state index contributed by atoms with van der Waals surface area (Å²) < 4.78 is 0. The minimum atomic E-state index is -2.33. The minimum absolute atomic E-state index is 0.469. The SMILES string of the molecule is CCCCOO.O=C([O-])[O-].O=C([O-])[O-]. The van der Waals surface area contributed by atoms with E-state index in [0.29, 0.717) is 6.61 Å². The van der Waals surface area contributed by atoms with Gasteiger partial charge in [0, 0.05) is 0 Å². The first-order chi connectivity index (χ1) is 6.38. The molecule has 14 heavy (non-hydrogen) atoms. The number of carbonyl (C=O) groups is 2. The van der Waals surface area contributed by atoms with Gasteiger partial charge in [-0.05, 0) is 18.7 Å². The fourth-order valence-corrected chi connectivity index (χ4v) is 0.209. The van der Waals surface area contributed by atoms with Gasteiger partial charge in [0.1, 0.15) is 0 Å². The van der Waals surface area contributed by atoms with E-state index >= 15 is 0 Å². The summed E-state index contributed by atoms with van der Waals surface area (Å²) in [5, 5.41) is 41.0. The van der Waals surface area contributed by atoms with Gasteiger partial charge < -0.3 is 30.0 Å². The Morgan fingerprint density at radius 2 is 1.43 bits per heavy atom. The molecule has 0 aromatic rings. The maximum absolute atomic E-state index is 8.33. The van der Waals surface area contributed by atoms with Crippen molar-refractivity contribution in [2.75, 3.05) is 6.61 Å². The molecule has 8 nitrogen and oxygen atoms in total. The van der Waals surface area contributed by atoms with Gasteiger partial charge in [-0.1, -0.05) is 13.3 Å². The Labute approximate surface area is 79.9 Å². The summed E-state index contributed by atoms with van der Waals surface area (Å²) in [5.74, 6) is 0. The van der Waals surface area contributed by atoms with Crippen LogP contribution in [0.15, 0.2) is 0 Å². The predicted molar refractivity (Wildman–Crippen MR) is 34.3 cm³/mol. The van der Waals surface area contributed by atoms with Gasteiger partial charge in [-0.3, -0.25) is 5.26 Å². The number of carbonyl (C=O) groups excluding carboxylic acids is 2. The van der Waals surface area contributed by atoms with Gasteiger partial charge in [0.15, 0.2) is 0 Å². The standard InChI is InChI=1S/C4H10O2.2CH2O3/c1-2-3-4-6-5;2*2-1(3)4/h5H,2-4H2,1H3;2*(H2,2,3,4)/p-4. The van der Waals surface area contributed by atoms with Crippen molar-refractivity contribution in [1.82, 2.24) is 0 Å². The zero-order chi connectivity index (χ0) is 12.0. The Hall–Kier alpha value is -1.54. The molecule has 0 bridgehead atoms. The first kappa shape index (κ1) is 18.3. The molecule has 86 valence electrons. The maximum Gasteiger partial charge on any atom is 0.0819 e. The van der Waals surface area contributed by atoms with Gasteiger partial charge in [-0.2, -0.15) is 0 Å². The van der Waals surface area contributed by atoms with Crippen LogP contribution >= 0.6 is 0 Å². The summed E-state index contributed by atoms with van der Waals surface area (Å²) in [5.41, 5.74) is 0. The molecular formula is C6H10O8-4. The Balaban J connectivity index is -0.000000135. The fraction of sp³-hybridized carbons (Fsp3) is 0.667. The van der Waals surface area contributed by atoms with Crippen molar-refractivity contribution in [1.29, 1.82) is 0 Å². The van der Waals surface area contributed by atoms with E-state index in [2.05, 4.69) is 4.89 Å². The number of hydrogen-bond donors (Lipinski definition) is 1. The van der Waals surface area contributed by atoms with Crippen molar-refractivity contribution in [2.24, 2.45) is 0 Å². The molecule has 0 atom stereocenters. The van der Waals surface area contributed by atoms with Crippen LogP contribution in [0.25, 0.3) is 0 Å². The van der Waals surface area contributed by atoms with Gasteiger partial charge in [0.2, 0.25) is 0 Å². The van der Waals surface area contributed by atoms with Crippen LogP contribution in [0.5, 0.6) is 0 Å². The van der Waals surface area contributed by atoms with Crippen LogP contribution in [0.3, 0.4) is 0 Å². The highest BCUT2D eigenvalue weighted by atomic mass is 17.1. The monoisotopic (exact) mass is 210 g/mol. The Bertz CT molecular complexity index is 110. The zero-order valence-corrected chi connectivity index (χ0v) is 7.43. The molecule has 0 aromatic carbocycles. The zero-order valence-electron chi connectivity index (χ0n) is 7.43. The summed E-state index contributed by atoms with van der Waals surface area (Å²) in [6.07, 6.45) is -2.66. The quantitative estimate of drug-likeness (QED) is 0.284. The molecule has 0 fully saturated rings. The first-order valence-corrected chi connectivity index (χ1v) is 3.40. The highest BCUT2D eigenvalue weighted by Gasteiger charge is 1.76. The van der Waals surface area contributed by atoms with E-state index in [4.69, 9.17) is 35.3 Å². The van der Waals surface area contributed by atoms with Crippen LogP contribution in [-0.4, -0.2) is 24.2 Å². The Kier molecular flexibility index (Phi) is 22.9. The van der Waals surface area contributed by atoms with Gasteiger partial charge in [0.05, 0.1) is 6.61 Å². The number of hydrogen-bond acceptors (Lipinski definition) is 8. The third-order valence-electron chi connectivity index (χ3n) is 0.589. The lowest BCUT2D eigenvalue weighted by molar-refractivity contribution is -0.417. The average molecular weight is 210 g/mol. The summed E-state index contributed by atoms with van der Waals surface area (Å²) in [6, 6.07) is 0. The third kappa shape index (κ3) is 439. The first-order valence-electron chi connectivity index (χ1n) is 3.40. The summed E-state index contributed by atoms with van der Waals surface area (Å²) in [7, 11) is 0. The fourth-order valence-electron chi connectivity index (χ4n) is 0.209. The lowest BCUT2D eigenvalue weighted by Gasteiger charge is -1.96. The van der Waals surface area contributed by atoms with Gasteiger partial charge >= 0.3 is 0 Å². The van der Waals surface area contributed by atoms with Crippen molar-refractivity contribution in [3.05, 3.63) is 0 Å². The molecule has 0 spiro atoms. The molecule has 0 radical (unpaired) electrons. The average Bonchev–Trinajstić information content (AvgIpc) is 1.98. The van der Waals surface area contributed by atoms with E-state index in [1.807, 2.05) is 6.92 Å².